The summed E-state index contributed by atoms with van der Waals surface area (Å²) in [6.07, 6.45) is 7.19. The molecule has 0 atom stereocenters. The van der Waals surface area contributed by atoms with Crippen molar-refractivity contribution in [2.75, 3.05) is 20.2 Å². The Kier molecular flexibility index (Phi) is 6.54. The van der Waals surface area contributed by atoms with Crippen molar-refractivity contribution < 1.29 is 5.11 Å². The smallest absolute Gasteiger partial charge is 0.0434 e. The number of aliphatic hydroxyl groups is 1. The summed E-state index contributed by atoms with van der Waals surface area (Å²) in [5.74, 6) is 0. The lowest BCUT2D eigenvalue weighted by Gasteiger charge is -2.04. The third-order valence-electron chi connectivity index (χ3n) is 2.52. The van der Waals surface area contributed by atoms with Gasteiger partial charge in [-0.05, 0) is 44.0 Å². The zero-order chi connectivity index (χ0) is 11.6. The number of hydrogen-bond acceptors (Lipinski definition) is 2. The van der Waals surface area contributed by atoms with E-state index in [2.05, 4.69) is 41.7 Å². The Balaban J connectivity index is 2.59. The van der Waals surface area contributed by atoms with E-state index in [9.17, 15) is 0 Å². The van der Waals surface area contributed by atoms with Gasteiger partial charge in [0.1, 0.15) is 0 Å². The minimum atomic E-state index is 0.262. The summed E-state index contributed by atoms with van der Waals surface area (Å²) in [5, 5.41) is 12.0. The maximum Gasteiger partial charge on any atom is 0.0434 e. The Bertz CT molecular complexity index is 320. The van der Waals surface area contributed by atoms with Crippen LogP contribution in [0.15, 0.2) is 30.3 Å². The van der Waals surface area contributed by atoms with Gasteiger partial charge in [0.05, 0.1) is 0 Å². The first-order valence-corrected chi connectivity index (χ1v) is 5.88. The zero-order valence-electron chi connectivity index (χ0n) is 9.95. The molecule has 0 spiro atoms. The van der Waals surface area contributed by atoms with Gasteiger partial charge in [0.25, 0.3) is 0 Å². The van der Waals surface area contributed by atoms with Crippen LogP contribution in [0.4, 0.5) is 0 Å². The Morgan fingerprint density at radius 1 is 1.31 bits per heavy atom. The molecule has 1 aromatic carbocycles. The minimum Gasteiger partial charge on any atom is -0.396 e. The van der Waals surface area contributed by atoms with Crippen LogP contribution in [0.25, 0.3) is 6.08 Å². The largest absolute Gasteiger partial charge is 0.396 e. The fourth-order valence-corrected chi connectivity index (χ4v) is 1.63. The van der Waals surface area contributed by atoms with Crippen LogP contribution in [0.2, 0.25) is 0 Å². The van der Waals surface area contributed by atoms with Gasteiger partial charge in [-0.2, -0.15) is 0 Å². The Morgan fingerprint density at radius 3 is 2.88 bits per heavy atom. The van der Waals surface area contributed by atoms with Crippen molar-refractivity contribution in [3.05, 3.63) is 41.5 Å². The molecule has 0 saturated heterocycles. The van der Waals surface area contributed by atoms with Crippen LogP contribution in [-0.4, -0.2) is 25.3 Å². The highest BCUT2D eigenvalue weighted by molar-refractivity contribution is 5.53. The van der Waals surface area contributed by atoms with Crippen molar-refractivity contribution >= 4 is 6.08 Å². The van der Waals surface area contributed by atoms with Crippen LogP contribution in [0.1, 0.15) is 24.0 Å². The molecule has 16 heavy (non-hydrogen) atoms. The van der Waals surface area contributed by atoms with Gasteiger partial charge >= 0.3 is 0 Å². The van der Waals surface area contributed by atoms with Gasteiger partial charge in [-0.1, -0.05) is 36.4 Å². The molecule has 2 N–H and O–H groups in total. The van der Waals surface area contributed by atoms with Crippen molar-refractivity contribution in [3.8, 4) is 0 Å². The molecular formula is C14H21NO. The standard InChI is InChI=1S/C14H21NO/c1-15-11-5-4-9-13-7-2-3-8-14(13)10-6-12-16/h2-4,7-9,15-16H,5-6,10-12H2,1H3. The van der Waals surface area contributed by atoms with E-state index in [1.54, 1.807) is 0 Å². The predicted octanol–water partition coefficient (Wildman–Crippen LogP) is 2.23. The van der Waals surface area contributed by atoms with E-state index in [1.807, 2.05) is 7.05 Å². The molecule has 0 fully saturated rings. The SMILES string of the molecule is CNCCC=Cc1ccccc1CCCO. The first-order chi connectivity index (χ1) is 7.88. The lowest BCUT2D eigenvalue weighted by atomic mass is 10.0. The van der Waals surface area contributed by atoms with E-state index < -0.39 is 0 Å². The summed E-state index contributed by atoms with van der Waals surface area (Å²) in [5.41, 5.74) is 2.59. The van der Waals surface area contributed by atoms with Gasteiger partial charge in [-0.25, -0.2) is 0 Å². The molecule has 1 rings (SSSR count). The first kappa shape index (κ1) is 12.9. The molecule has 0 bridgehead atoms. The number of nitrogens with one attached hydrogen (secondary N) is 1. The average Bonchev–Trinajstić information content (AvgIpc) is 2.33. The molecule has 0 aliphatic carbocycles. The number of hydrogen-bond donors (Lipinski definition) is 2. The number of aliphatic hydroxyl groups excluding tert-OH is 1. The van der Waals surface area contributed by atoms with Crippen LogP contribution in [0.5, 0.6) is 0 Å². The second kappa shape index (κ2) is 8.08. The van der Waals surface area contributed by atoms with E-state index in [4.69, 9.17) is 5.11 Å². The molecule has 0 aromatic heterocycles. The molecule has 0 aliphatic heterocycles. The maximum absolute atomic E-state index is 8.84. The van der Waals surface area contributed by atoms with Gasteiger partial charge in [-0.3, -0.25) is 0 Å². The molecule has 0 heterocycles. The third-order valence-corrected chi connectivity index (χ3v) is 2.52. The molecule has 2 nitrogen and oxygen atoms in total. The molecule has 88 valence electrons. The average molecular weight is 219 g/mol. The molecule has 0 aliphatic rings. The van der Waals surface area contributed by atoms with Crippen LogP contribution in [-0.2, 0) is 6.42 Å². The van der Waals surface area contributed by atoms with Crippen LogP contribution >= 0.6 is 0 Å². The van der Waals surface area contributed by atoms with Crippen molar-refractivity contribution in [2.45, 2.75) is 19.3 Å². The van der Waals surface area contributed by atoms with Crippen LogP contribution in [0.3, 0.4) is 0 Å². The summed E-state index contributed by atoms with van der Waals surface area (Å²) in [6.45, 7) is 1.27. The lowest BCUT2D eigenvalue weighted by molar-refractivity contribution is 0.288. The van der Waals surface area contributed by atoms with Crippen molar-refractivity contribution in [2.24, 2.45) is 0 Å². The number of rotatable bonds is 7. The highest BCUT2D eigenvalue weighted by Crippen LogP contribution is 2.13. The van der Waals surface area contributed by atoms with Crippen molar-refractivity contribution in [1.29, 1.82) is 0 Å². The molecule has 0 saturated carbocycles. The highest BCUT2D eigenvalue weighted by atomic mass is 16.2. The Labute approximate surface area is 98.0 Å². The number of benzene rings is 1. The molecule has 0 unspecified atom stereocenters. The predicted molar refractivity (Wildman–Crippen MR) is 69.4 cm³/mol. The number of aryl methyl sites for hydroxylation is 1. The fourth-order valence-electron chi connectivity index (χ4n) is 1.63. The van der Waals surface area contributed by atoms with Crippen LogP contribution in [0, 0.1) is 0 Å². The lowest BCUT2D eigenvalue weighted by Crippen LogP contribution is -2.05. The van der Waals surface area contributed by atoms with Gasteiger partial charge in [0.15, 0.2) is 0 Å². The summed E-state index contributed by atoms with van der Waals surface area (Å²) >= 11 is 0. The van der Waals surface area contributed by atoms with Crippen LogP contribution < -0.4 is 5.32 Å². The monoisotopic (exact) mass is 219 g/mol. The normalized spacial score (nSPS) is 11.1. The Hall–Kier alpha value is -1.12. The maximum atomic E-state index is 8.84. The third kappa shape index (κ3) is 4.60. The second-order valence-electron chi connectivity index (χ2n) is 3.82. The van der Waals surface area contributed by atoms with E-state index in [0.29, 0.717) is 0 Å². The van der Waals surface area contributed by atoms with E-state index in [1.165, 1.54) is 11.1 Å². The van der Waals surface area contributed by atoms with Gasteiger partial charge in [0, 0.05) is 6.61 Å². The molecule has 1 aromatic rings. The topological polar surface area (TPSA) is 32.3 Å². The van der Waals surface area contributed by atoms with E-state index >= 15 is 0 Å². The van der Waals surface area contributed by atoms with Gasteiger partial charge in [-0.15, -0.1) is 0 Å². The second-order valence-corrected chi connectivity index (χ2v) is 3.82. The Morgan fingerprint density at radius 2 is 2.12 bits per heavy atom. The fraction of sp³-hybridized carbons (Fsp3) is 0.429. The minimum absolute atomic E-state index is 0.262. The molecule has 2 heteroatoms. The van der Waals surface area contributed by atoms with Gasteiger partial charge < -0.3 is 10.4 Å². The first-order valence-electron chi connectivity index (χ1n) is 5.88. The van der Waals surface area contributed by atoms with Gasteiger partial charge in [0.2, 0.25) is 0 Å². The molecular weight excluding hydrogens is 198 g/mol. The molecule has 0 amide bonds. The van der Waals surface area contributed by atoms with Crippen molar-refractivity contribution in [1.82, 2.24) is 5.32 Å². The van der Waals surface area contributed by atoms with E-state index in [0.717, 1.165) is 25.8 Å². The highest BCUT2D eigenvalue weighted by Gasteiger charge is 1.97. The van der Waals surface area contributed by atoms with E-state index in [-0.39, 0.29) is 6.61 Å². The quantitative estimate of drug-likeness (QED) is 0.689. The summed E-state index contributed by atoms with van der Waals surface area (Å²) in [4.78, 5) is 0. The van der Waals surface area contributed by atoms with Crippen molar-refractivity contribution in [3.63, 3.8) is 0 Å². The zero-order valence-corrected chi connectivity index (χ0v) is 9.95. The summed E-state index contributed by atoms with van der Waals surface area (Å²) in [7, 11) is 1.96. The molecule has 0 radical (unpaired) electrons. The summed E-state index contributed by atoms with van der Waals surface area (Å²) < 4.78 is 0. The summed E-state index contributed by atoms with van der Waals surface area (Å²) in [6, 6.07) is 8.37.